The molecule has 0 spiro atoms. The van der Waals surface area contributed by atoms with Crippen molar-refractivity contribution in [3.05, 3.63) is 71.8 Å². The summed E-state index contributed by atoms with van der Waals surface area (Å²) in [5, 5.41) is 33.0. The van der Waals surface area contributed by atoms with Gasteiger partial charge in [0.05, 0.1) is 16.6 Å². The quantitative estimate of drug-likeness (QED) is 0.192. The van der Waals surface area contributed by atoms with Gasteiger partial charge in [0.25, 0.3) is 5.97 Å². The molecule has 0 aliphatic carbocycles. The fourth-order valence-electron chi connectivity index (χ4n) is 3.08. The first-order valence-electron chi connectivity index (χ1n) is 9.47. The second kappa shape index (κ2) is 9.00. The number of nitrogens with zero attached hydrogens (tertiary/aromatic N) is 1. The number of fused-ring (bicyclic) bond motifs is 1. The number of aromatic hydroxyl groups is 1. The van der Waals surface area contributed by atoms with E-state index < -0.39 is 5.97 Å². The summed E-state index contributed by atoms with van der Waals surface area (Å²) in [4.78, 5) is 16.7. The number of aromatic nitrogens is 2. The smallest absolute Gasteiger partial charge is 0.300 e. The third-order valence-electron chi connectivity index (χ3n) is 4.55. The van der Waals surface area contributed by atoms with E-state index in [-0.39, 0.29) is 17.4 Å². The van der Waals surface area contributed by atoms with Crippen molar-refractivity contribution >= 4 is 28.7 Å². The Bertz CT molecular complexity index is 1340. The summed E-state index contributed by atoms with van der Waals surface area (Å²) in [5.74, 6) is -0.247. The maximum Gasteiger partial charge on any atom is 0.300 e. The fourth-order valence-corrected chi connectivity index (χ4v) is 3.08. The van der Waals surface area contributed by atoms with Gasteiger partial charge < -0.3 is 26.7 Å². The largest absolute Gasteiger partial charge is 0.507 e. The predicted molar refractivity (Wildman–Crippen MR) is 124 cm³/mol. The van der Waals surface area contributed by atoms with Crippen molar-refractivity contribution in [2.75, 3.05) is 0 Å². The van der Waals surface area contributed by atoms with Crippen molar-refractivity contribution in [3.8, 4) is 28.3 Å². The molecule has 0 atom stereocenters. The second-order valence-corrected chi connectivity index (χ2v) is 6.98. The Morgan fingerprint density at radius 1 is 0.938 bits per heavy atom. The number of nitrogen functional groups attached to an aromatic ring is 2. The molecule has 4 aromatic rings. The van der Waals surface area contributed by atoms with Gasteiger partial charge in [-0.1, -0.05) is 24.3 Å². The van der Waals surface area contributed by atoms with E-state index in [4.69, 9.17) is 32.2 Å². The highest BCUT2D eigenvalue weighted by Gasteiger charge is 2.13. The molecule has 1 heterocycles. The number of benzene rings is 3. The number of imidazole rings is 1. The number of aliphatic carboxylic acids is 1. The van der Waals surface area contributed by atoms with Crippen LogP contribution in [0.5, 0.6) is 5.75 Å². The second-order valence-electron chi connectivity index (χ2n) is 6.98. The van der Waals surface area contributed by atoms with Crippen LogP contribution in [-0.2, 0) is 4.79 Å². The van der Waals surface area contributed by atoms with Crippen LogP contribution in [0.25, 0.3) is 33.5 Å². The number of amidine groups is 2. The Labute approximate surface area is 183 Å². The van der Waals surface area contributed by atoms with Crippen molar-refractivity contribution < 1.29 is 15.0 Å². The Hall–Kier alpha value is -4.66. The number of hydrogen-bond donors (Lipinski definition) is 7. The third-order valence-corrected chi connectivity index (χ3v) is 4.55. The molecule has 0 saturated carbocycles. The highest BCUT2D eigenvalue weighted by molar-refractivity contribution is 5.98. The van der Waals surface area contributed by atoms with Gasteiger partial charge in [-0.2, -0.15) is 0 Å². The van der Waals surface area contributed by atoms with Crippen LogP contribution in [0.2, 0.25) is 0 Å². The van der Waals surface area contributed by atoms with Crippen LogP contribution in [-0.4, -0.2) is 37.8 Å². The third kappa shape index (κ3) is 4.90. The molecule has 0 aliphatic rings. The number of carbonyl (C=O) groups is 1. The summed E-state index contributed by atoms with van der Waals surface area (Å²) < 4.78 is 0. The zero-order valence-electron chi connectivity index (χ0n) is 17.2. The maximum atomic E-state index is 10.4. The number of rotatable bonds is 4. The normalized spacial score (nSPS) is 10.3. The molecule has 0 bridgehead atoms. The van der Waals surface area contributed by atoms with Crippen LogP contribution in [0.3, 0.4) is 0 Å². The number of carboxylic acids is 1. The van der Waals surface area contributed by atoms with Crippen LogP contribution < -0.4 is 11.5 Å². The summed E-state index contributed by atoms with van der Waals surface area (Å²) in [5.41, 5.74) is 16.1. The molecule has 9 heteroatoms. The number of aromatic amines is 1. The number of carboxylic acid groups (broad SMARTS) is 1. The zero-order valence-corrected chi connectivity index (χ0v) is 17.2. The standard InChI is InChI=1S/C21H18N6O.C2H4O2/c22-19(23)13-3-1-2-11(8-13)12-5-7-18(28)15(9-12)21-26-16-6-4-14(20(24)25)10-17(16)27-21;1-2(3)4/h1-10,28H,(H3,22,23)(H3,24,25)(H,26,27);1H3,(H,3,4). The molecular weight excluding hydrogens is 408 g/mol. The molecule has 4 rings (SSSR count). The van der Waals surface area contributed by atoms with Crippen LogP contribution in [0.1, 0.15) is 18.1 Å². The average Bonchev–Trinajstić information content (AvgIpc) is 3.16. The number of nitrogens with two attached hydrogens (primary N) is 2. The van der Waals surface area contributed by atoms with E-state index >= 15 is 0 Å². The van der Waals surface area contributed by atoms with E-state index in [1.165, 1.54) is 0 Å². The number of nitrogens with one attached hydrogen (secondary N) is 3. The van der Waals surface area contributed by atoms with E-state index in [2.05, 4.69) is 9.97 Å². The molecule has 1 aromatic heterocycles. The first-order valence-corrected chi connectivity index (χ1v) is 9.47. The van der Waals surface area contributed by atoms with Crippen molar-refractivity contribution in [1.82, 2.24) is 9.97 Å². The highest BCUT2D eigenvalue weighted by Crippen LogP contribution is 2.33. The van der Waals surface area contributed by atoms with Gasteiger partial charge in [0.15, 0.2) is 0 Å². The van der Waals surface area contributed by atoms with E-state index in [1.54, 1.807) is 36.4 Å². The molecule has 3 aromatic carbocycles. The van der Waals surface area contributed by atoms with Gasteiger partial charge in [-0.05, 0) is 47.5 Å². The molecule has 0 unspecified atom stereocenters. The summed E-state index contributed by atoms with van der Waals surface area (Å²) >= 11 is 0. The minimum Gasteiger partial charge on any atom is -0.507 e. The molecule has 0 radical (unpaired) electrons. The van der Waals surface area contributed by atoms with Gasteiger partial charge >= 0.3 is 0 Å². The van der Waals surface area contributed by atoms with Gasteiger partial charge in [0.2, 0.25) is 0 Å². The Morgan fingerprint density at radius 2 is 1.56 bits per heavy atom. The molecule has 9 nitrogen and oxygen atoms in total. The molecule has 0 amide bonds. The van der Waals surface area contributed by atoms with Crippen LogP contribution in [0, 0.1) is 10.8 Å². The number of phenols is 1. The van der Waals surface area contributed by atoms with Crippen LogP contribution >= 0.6 is 0 Å². The lowest BCUT2D eigenvalue weighted by Gasteiger charge is -2.08. The molecule has 9 N–H and O–H groups in total. The Kier molecular flexibility index (Phi) is 6.20. The lowest BCUT2D eigenvalue weighted by molar-refractivity contribution is -0.134. The summed E-state index contributed by atoms with van der Waals surface area (Å²) in [6.07, 6.45) is 0. The lowest BCUT2D eigenvalue weighted by Crippen LogP contribution is -2.10. The van der Waals surface area contributed by atoms with Gasteiger partial charge in [-0.25, -0.2) is 4.98 Å². The van der Waals surface area contributed by atoms with Gasteiger partial charge in [0.1, 0.15) is 23.2 Å². The highest BCUT2D eigenvalue weighted by atomic mass is 16.4. The molecular formula is C23H22N6O3. The number of hydrogen-bond acceptors (Lipinski definition) is 5. The van der Waals surface area contributed by atoms with E-state index in [1.807, 2.05) is 24.3 Å². The monoisotopic (exact) mass is 430 g/mol. The van der Waals surface area contributed by atoms with E-state index in [0.29, 0.717) is 28.0 Å². The van der Waals surface area contributed by atoms with Crippen molar-refractivity contribution in [1.29, 1.82) is 10.8 Å². The first kappa shape index (κ1) is 22.0. The molecule has 32 heavy (non-hydrogen) atoms. The summed E-state index contributed by atoms with van der Waals surface area (Å²) in [7, 11) is 0. The Balaban J connectivity index is 0.000000668. The van der Waals surface area contributed by atoms with Gasteiger partial charge in [-0.15, -0.1) is 0 Å². The Morgan fingerprint density at radius 3 is 2.22 bits per heavy atom. The topological polar surface area (TPSA) is 186 Å². The molecule has 0 aliphatic heterocycles. The molecule has 162 valence electrons. The van der Waals surface area contributed by atoms with Crippen LogP contribution in [0.15, 0.2) is 60.7 Å². The minimum atomic E-state index is -0.833. The SMILES string of the molecule is CC(=O)O.N=C(N)c1cccc(-c2ccc(O)c(-c3nc4ccc(C(=N)N)cc4[nH]3)c2)c1. The molecule has 0 saturated heterocycles. The lowest BCUT2D eigenvalue weighted by atomic mass is 10.00. The van der Waals surface area contributed by atoms with Crippen molar-refractivity contribution in [3.63, 3.8) is 0 Å². The van der Waals surface area contributed by atoms with Gasteiger partial charge in [-0.3, -0.25) is 15.6 Å². The predicted octanol–water partition coefficient (Wildman–Crippen LogP) is 3.26. The fraction of sp³-hybridized carbons (Fsp3) is 0.0435. The maximum absolute atomic E-state index is 10.4. The van der Waals surface area contributed by atoms with E-state index in [0.717, 1.165) is 23.6 Å². The average molecular weight is 430 g/mol. The van der Waals surface area contributed by atoms with Crippen molar-refractivity contribution in [2.45, 2.75) is 6.92 Å². The minimum absolute atomic E-state index is 0.000545. The first-order chi connectivity index (χ1) is 15.2. The van der Waals surface area contributed by atoms with Crippen LogP contribution in [0.4, 0.5) is 0 Å². The van der Waals surface area contributed by atoms with Gasteiger partial charge in [0, 0.05) is 18.1 Å². The summed E-state index contributed by atoms with van der Waals surface area (Å²) in [6.45, 7) is 1.08. The van der Waals surface area contributed by atoms with Crippen molar-refractivity contribution in [2.24, 2.45) is 11.5 Å². The molecule has 0 fully saturated rings. The number of phenolic OH excluding ortho intramolecular Hbond substituents is 1. The summed E-state index contributed by atoms with van der Waals surface area (Å²) in [6, 6.07) is 17.9. The number of H-pyrrole nitrogens is 1. The van der Waals surface area contributed by atoms with E-state index in [9.17, 15) is 5.11 Å². The zero-order chi connectivity index (χ0) is 23.4.